The van der Waals surface area contributed by atoms with Crippen LogP contribution in [0.4, 0.5) is 17.1 Å². The van der Waals surface area contributed by atoms with E-state index in [-0.39, 0.29) is 18.4 Å². The molecule has 0 heterocycles. The maximum absolute atomic E-state index is 12.3. The van der Waals surface area contributed by atoms with Crippen molar-refractivity contribution in [3.05, 3.63) is 88.4 Å². The summed E-state index contributed by atoms with van der Waals surface area (Å²) in [5.41, 5.74) is 3.75. The molecule has 142 valence electrons. The molecule has 0 spiro atoms. The summed E-state index contributed by atoms with van der Waals surface area (Å²) in [6, 6.07) is 22.0. The van der Waals surface area contributed by atoms with E-state index >= 15 is 0 Å². The lowest BCUT2D eigenvalue weighted by Gasteiger charge is -2.13. The zero-order chi connectivity index (χ0) is 19.9. The SMILES string of the molecule is Cc1ccc(NC(=O)c2ccccc2)cc1NCC(=O)Nc1ccc(Br)cc1. The topological polar surface area (TPSA) is 70.2 Å². The first-order valence-corrected chi connectivity index (χ1v) is 9.57. The molecule has 0 saturated carbocycles. The molecule has 0 aliphatic heterocycles. The van der Waals surface area contributed by atoms with E-state index in [2.05, 4.69) is 31.9 Å². The van der Waals surface area contributed by atoms with Crippen LogP contribution < -0.4 is 16.0 Å². The van der Waals surface area contributed by atoms with E-state index in [0.29, 0.717) is 11.3 Å². The number of carbonyl (C=O) groups excluding carboxylic acids is 2. The van der Waals surface area contributed by atoms with E-state index in [1.807, 2.05) is 67.6 Å². The van der Waals surface area contributed by atoms with E-state index < -0.39 is 0 Å². The van der Waals surface area contributed by atoms with Crippen LogP contribution in [0.5, 0.6) is 0 Å². The summed E-state index contributed by atoms with van der Waals surface area (Å²) in [7, 11) is 0. The van der Waals surface area contributed by atoms with E-state index in [9.17, 15) is 9.59 Å². The Labute approximate surface area is 172 Å². The van der Waals surface area contributed by atoms with Gasteiger partial charge in [0.2, 0.25) is 5.91 Å². The lowest BCUT2D eigenvalue weighted by molar-refractivity contribution is -0.114. The van der Waals surface area contributed by atoms with Crippen LogP contribution in [0.1, 0.15) is 15.9 Å². The number of aryl methyl sites for hydroxylation is 1. The monoisotopic (exact) mass is 437 g/mol. The van der Waals surface area contributed by atoms with Crippen molar-refractivity contribution in [1.29, 1.82) is 0 Å². The summed E-state index contributed by atoms with van der Waals surface area (Å²) < 4.78 is 0.952. The molecule has 2 amide bonds. The molecule has 0 radical (unpaired) electrons. The quantitative estimate of drug-likeness (QED) is 0.504. The predicted molar refractivity (Wildman–Crippen MR) is 117 cm³/mol. The third-order valence-electron chi connectivity index (χ3n) is 4.10. The Kier molecular flexibility index (Phi) is 6.45. The van der Waals surface area contributed by atoms with Gasteiger partial charge in [-0.15, -0.1) is 0 Å². The van der Waals surface area contributed by atoms with Gasteiger partial charge in [0.25, 0.3) is 5.91 Å². The number of amides is 2. The molecule has 28 heavy (non-hydrogen) atoms. The van der Waals surface area contributed by atoms with Crippen molar-refractivity contribution in [3.8, 4) is 0 Å². The maximum Gasteiger partial charge on any atom is 0.255 e. The molecule has 0 aromatic heterocycles. The fourth-order valence-corrected chi connectivity index (χ4v) is 2.86. The van der Waals surface area contributed by atoms with Gasteiger partial charge in [-0.25, -0.2) is 0 Å². The minimum Gasteiger partial charge on any atom is -0.376 e. The summed E-state index contributed by atoms with van der Waals surface area (Å²) in [6.07, 6.45) is 0. The van der Waals surface area contributed by atoms with Gasteiger partial charge in [-0.05, 0) is 61.0 Å². The smallest absolute Gasteiger partial charge is 0.255 e. The largest absolute Gasteiger partial charge is 0.376 e. The van der Waals surface area contributed by atoms with Crippen molar-refractivity contribution >= 4 is 44.8 Å². The Balaban J connectivity index is 1.60. The van der Waals surface area contributed by atoms with Crippen LogP contribution in [0, 0.1) is 6.92 Å². The van der Waals surface area contributed by atoms with Crippen LogP contribution >= 0.6 is 15.9 Å². The number of hydrogen-bond acceptors (Lipinski definition) is 3. The third kappa shape index (κ3) is 5.44. The molecule has 3 aromatic rings. The van der Waals surface area contributed by atoms with E-state index in [1.54, 1.807) is 12.1 Å². The molecule has 0 atom stereocenters. The van der Waals surface area contributed by atoms with Crippen LogP contribution in [0.2, 0.25) is 0 Å². The predicted octanol–water partition coefficient (Wildman–Crippen LogP) is 5.06. The van der Waals surface area contributed by atoms with E-state index in [0.717, 1.165) is 21.4 Å². The molecule has 0 fully saturated rings. The fourth-order valence-electron chi connectivity index (χ4n) is 2.60. The third-order valence-corrected chi connectivity index (χ3v) is 4.63. The molecule has 3 rings (SSSR count). The first kappa shape index (κ1) is 19.6. The Morgan fingerprint density at radius 1 is 0.857 bits per heavy atom. The second kappa shape index (κ2) is 9.19. The van der Waals surface area contributed by atoms with Crippen molar-refractivity contribution < 1.29 is 9.59 Å². The Morgan fingerprint density at radius 3 is 2.25 bits per heavy atom. The second-order valence-corrected chi connectivity index (χ2v) is 7.17. The Bertz CT molecular complexity index is 973. The van der Waals surface area contributed by atoms with Crippen molar-refractivity contribution in [2.75, 3.05) is 22.5 Å². The number of anilines is 3. The van der Waals surface area contributed by atoms with Crippen molar-refractivity contribution in [1.82, 2.24) is 0 Å². The van der Waals surface area contributed by atoms with Gasteiger partial charge in [0.15, 0.2) is 0 Å². The van der Waals surface area contributed by atoms with Crippen LogP contribution in [0.15, 0.2) is 77.3 Å². The summed E-state index contributed by atoms with van der Waals surface area (Å²) in [6.45, 7) is 2.06. The molecule has 0 saturated heterocycles. The molecule has 6 heteroatoms. The molecule has 3 aromatic carbocycles. The minimum atomic E-state index is -0.177. The molecular formula is C22H20BrN3O2. The number of carbonyl (C=O) groups is 2. The summed E-state index contributed by atoms with van der Waals surface area (Å²) in [5.74, 6) is -0.330. The summed E-state index contributed by atoms with van der Waals surface area (Å²) >= 11 is 3.36. The molecule has 5 nitrogen and oxygen atoms in total. The zero-order valence-electron chi connectivity index (χ0n) is 15.3. The van der Waals surface area contributed by atoms with Crippen LogP contribution in [-0.2, 0) is 4.79 Å². The maximum atomic E-state index is 12.3. The van der Waals surface area contributed by atoms with E-state index in [1.165, 1.54) is 0 Å². The summed E-state index contributed by atoms with van der Waals surface area (Å²) in [4.78, 5) is 24.5. The normalized spacial score (nSPS) is 10.2. The highest BCUT2D eigenvalue weighted by atomic mass is 79.9. The van der Waals surface area contributed by atoms with Gasteiger partial charge in [-0.2, -0.15) is 0 Å². The van der Waals surface area contributed by atoms with Crippen molar-refractivity contribution in [2.24, 2.45) is 0 Å². The Hall–Kier alpha value is -3.12. The van der Waals surface area contributed by atoms with Crippen LogP contribution in [-0.4, -0.2) is 18.4 Å². The van der Waals surface area contributed by atoms with Gasteiger partial charge >= 0.3 is 0 Å². The highest BCUT2D eigenvalue weighted by molar-refractivity contribution is 9.10. The number of hydrogen-bond donors (Lipinski definition) is 3. The Morgan fingerprint density at radius 2 is 1.54 bits per heavy atom. The highest BCUT2D eigenvalue weighted by Crippen LogP contribution is 2.21. The van der Waals surface area contributed by atoms with Gasteiger partial charge in [-0.1, -0.05) is 40.2 Å². The van der Waals surface area contributed by atoms with Gasteiger partial charge in [-0.3, -0.25) is 9.59 Å². The minimum absolute atomic E-state index is 0.118. The number of halogens is 1. The molecule has 0 bridgehead atoms. The standard InChI is InChI=1S/C22H20BrN3O2/c1-15-7-10-19(26-22(28)16-5-3-2-4-6-16)13-20(15)24-14-21(27)25-18-11-8-17(23)9-12-18/h2-13,24H,14H2,1H3,(H,25,27)(H,26,28). The molecule has 0 aliphatic rings. The average Bonchev–Trinajstić information content (AvgIpc) is 2.71. The first-order chi connectivity index (χ1) is 13.5. The second-order valence-electron chi connectivity index (χ2n) is 6.26. The first-order valence-electron chi connectivity index (χ1n) is 8.77. The number of nitrogens with one attached hydrogen (secondary N) is 3. The molecule has 3 N–H and O–H groups in total. The molecule has 0 unspecified atom stereocenters. The lowest BCUT2D eigenvalue weighted by Crippen LogP contribution is -2.22. The summed E-state index contributed by atoms with van der Waals surface area (Å²) in [5, 5.41) is 8.83. The van der Waals surface area contributed by atoms with Crippen molar-refractivity contribution in [2.45, 2.75) is 6.92 Å². The van der Waals surface area contributed by atoms with Crippen LogP contribution in [0.25, 0.3) is 0 Å². The van der Waals surface area contributed by atoms with Crippen LogP contribution in [0.3, 0.4) is 0 Å². The van der Waals surface area contributed by atoms with Gasteiger partial charge in [0.05, 0.1) is 6.54 Å². The number of benzene rings is 3. The fraction of sp³-hybridized carbons (Fsp3) is 0.0909. The van der Waals surface area contributed by atoms with E-state index in [4.69, 9.17) is 0 Å². The number of rotatable bonds is 6. The molecule has 0 aliphatic carbocycles. The zero-order valence-corrected chi connectivity index (χ0v) is 16.9. The average molecular weight is 438 g/mol. The highest BCUT2D eigenvalue weighted by Gasteiger charge is 2.08. The van der Waals surface area contributed by atoms with Gasteiger partial charge < -0.3 is 16.0 Å². The lowest BCUT2D eigenvalue weighted by atomic mass is 10.1. The van der Waals surface area contributed by atoms with Crippen molar-refractivity contribution in [3.63, 3.8) is 0 Å². The van der Waals surface area contributed by atoms with Gasteiger partial charge in [0.1, 0.15) is 0 Å². The molecular weight excluding hydrogens is 418 g/mol. The van der Waals surface area contributed by atoms with Gasteiger partial charge in [0, 0.05) is 27.1 Å².